The zero-order valence-corrected chi connectivity index (χ0v) is 14.8. The minimum absolute atomic E-state index is 0.0104. The second-order valence-electron chi connectivity index (χ2n) is 6.36. The van der Waals surface area contributed by atoms with Crippen LogP contribution in [-0.2, 0) is 14.3 Å². The maximum absolute atomic E-state index is 10.9. The molecule has 3 nitrogen and oxygen atoms in total. The van der Waals surface area contributed by atoms with Gasteiger partial charge in [-0.2, -0.15) is 0 Å². The second kappa shape index (κ2) is 12.2. The minimum atomic E-state index is -0.174. The first-order valence-electron chi connectivity index (χ1n) is 8.51. The fourth-order valence-corrected chi connectivity index (χ4v) is 3.60. The number of hydrogen-bond donors (Lipinski definition) is 0. The zero-order valence-electron chi connectivity index (χ0n) is 13.3. The number of ether oxygens (including phenoxy) is 1. The molecule has 0 bridgehead atoms. The maximum Gasteiger partial charge on any atom is 0.306 e. The van der Waals surface area contributed by atoms with E-state index in [4.69, 9.17) is 23.2 Å². The molecule has 0 unspecified atom stereocenters. The lowest BCUT2D eigenvalue weighted by molar-refractivity contribution is -0.141. The predicted octanol–water partition coefficient (Wildman–Crippen LogP) is 5.42. The highest BCUT2D eigenvalue weighted by Crippen LogP contribution is 2.29. The van der Waals surface area contributed by atoms with Gasteiger partial charge in [-0.05, 0) is 36.3 Å². The van der Waals surface area contributed by atoms with E-state index < -0.39 is 0 Å². The first kappa shape index (κ1) is 19.8. The smallest absolute Gasteiger partial charge is 0.306 e. The van der Waals surface area contributed by atoms with Crippen LogP contribution >= 0.6 is 23.2 Å². The summed E-state index contributed by atoms with van der Waals surface area (Å²) in [6.45, 7) is 0. The van der Waals surface area contributed by atoms with E-state index in [-0.39, 0.29) is 17.3 Å². The number of carbonyl (C=O) groups is 2. The van der Waals surface area contributed by atoms with Gasteiger partial charge in [0.2, 0.25) is 5.24 Å². The quantitative estimate of drug-likeness (QED) is 0.349. The number of alkyl halides is 1. The molecule has 22 heavy (non-hydrogen) atoms. The molecule has 5 heteroatoms. The standard InChI is InChI=1S/C9H15ClO2.C8H13ClO/c10-7-12-9(11)6-5-8-3-1-2-4-8;9-8(10)6-5-7-3-1-2-4-7/h8H,1-7H2;7H,1-6H2. The molecule has 2 saturated carbocycles. The van der Waals surface area contributed by atoms with Crippen LogP contribution in [0.3, 0.4) is 0 Å². The van der Waals surface area contributed by atoms with Crippen LogP contribution in [0.5, 0.6) is 0 Å². The van der Waals surface area contributed by atoms with Crippen LogP contribution in [0.2, 0.25) is 0 Å². The number of carbonyl (C=O) groups excluding carboxylic acids is 2. The molecular formula is C17H28Cl2O3. The Balaban J connectivity index is 0.000000224. The van der Waals surface area contributed by atoms with Gasteiger partial charge in [0.25, 0.3) is 0 Å². The van der Waals surface area contributed by atoms with E-state index in [1.165, 1.54) is 51.4 Å². The van der Waals surface area contributed by atoms with E-state index in [1.807, 2.05) is 0 Å². The van der Waals surface area contributed by atoms with Crippen LogP contribution in [0.15, 0.2) is 0 Å². The molecule has 0 aromatic heterocycles. The van der Waals surface area contributed by atoms with Crippen molar-refractivity contribution in [2.75, 3.05) is 6.07 Å². The van der Waals surface area contributed by atoms with Gasteiger partial charge in [-0.25, -0.2) is 0 Å². The van der Waals surface area contributed by atoms with Crippen LogP contribution in [-0.4, -0.2) is 17.3 Å². The van der Waals surface area contributed by atoms with Gasteiger partial charge < -0.3 is 4.74 Å². The SMILES string of the molecule is O=C(CCC1CCCC1)OCCl.O=C(Cl)CCC1CCCC1. The Morgan fingerprint density at radius 1 is 0.864 bits per heavy atom. The van der Waals surface area contributed by atoms with Gasteiger partial charge in [-0.15, -0.1) is 0 Å². The average Bonchev–Trinajstić information content (AvgIpc) is 3.17. The van der Waals surface area contributed by atoms with Gasteiger partial charge in [-0.3, -0.25) is 9.59 Å². The summed E-state index contributed by atoms with van der Waals surface area (Å²) < 4.78 is 4.63. The van der Waals surface area contributed by atoms with Crippen molar-refractivity contribution in [3.05, 3.63) is 0 Å². The fourth-order valence-electron chi connectivity index (χ4n) is 3.37. The van der Waals surface area contributed by atoms with Crippen molar-refractivity contribution in [2.45, 2.75) is 77.0 Å². The second-order valence-corrected chi connectivity index (χ2v) is 7.00. The Morgan fingerprint density at radius 2 is 1.32 bits per heavy atom. The third kappa shape index (κ3) is 9.68. The van der Waals surface area contributed by atoms with Crippen LogP contribution in [0.1, 0.15) is 77.0 Å². The van der Waals surface area contributed by atoms with Crippen molar-refractivity contribution >= 4 is 34.4 Å². The van der Waals surface area contributed by atoms with Gasteiger partial charge in [0, 0.05) is 12.8 Å². The summed E-state index contributed by atoms with van der Waals surface area (Å²) in [6.07, 6.45) is 13.7. The van der Waals surface area contributed by atoms with Gasteiger partial charge >= 0.3 is 5.97 Å². The summed E-state index contributed by atoms with van der Waals surface area (Å²) in [5, 5.41) is -0.174. The maximum atomic E-state index is 10.9. The third-order valence-electron chi connectivity index (χ3n) is 4.67. The first-order valence-corrected chi connectivity index (χ1v) is 9.43. The molecule has 0 aliphatic heterocycles. The molecule has 0 radical (unpaired) electrons. The van der Waals surface area contributed by atoms with Crippen LogP contribution in [0.25, 0.3) is 0 Å². The molecule has 0 aromatic carbocycles. The van der Waals surface area contributed by atoms with Gasteiger partial charge in [0.15, 0.2) is 6.07 Å². The van der Waals surface area contributed by atoms with Gasteiger partial charge in [-0.1, -0.05) is 63.0 Å². The predicted molar refractivity (Wildman–Crippen MR) is 90.1 cm³/mol. The summed E-state index contributed by atoms with van der Waals surface area (Å²) in [5.74, 6) is 1.40. The van der Waals surface area contributed by atoms with E-state index in [2.05, 4.69) is 4.74 Å². The van der Waals surface area contributed by atoms with Crippen molar-refractivity contribution in [1.29, 1.82) is 0 Å². The largest absolute Gasteiger partial charge is 0.449 e. The van der Waals surface area contributed by atoms with Crippen molar-refractivity contribution in [3.8, 4) is 0 Å². The van der Waals surface area contributed by atoms with Crippen LogP contribution < -0.4 is 0 Å². The summed E-state index contributed by atoms with van der Waals surface area (Å²) in [7, 11) is 0. The Morgan fingerprint density at radius 3 is 1.73 bits per heavy atom. The molecule has 0 spiro atoms. The molecule has 0 saturated heterocycles. The monoisotopic (exact) mass is 350 g/mol. The molecule has 2 aliphatic carbocycles. The average molecular weight is 351 g/mol. The fraction of sp³-hybridized carbons (Fsp3) is 0.882. The molecule has 2 fully saturated rings. The van der Waals surface area contributed by atoms with Crippen LogP contribution in [0.4, 0.5) is 0 Å². The highest BCUT2D eigenvalue weighted by Gasteiger charge is 2.16. The summed E-state index contributed by atoms with van der Waals surface area (Å²) in [5.41, 5.74) is 0. The highest BCUT2D eigenvalue weighted by atomic mass is 35.5. The number of esters is 1. The molecule has 0 N–H and O–H groups in total. The molecule has 0 atom stereocenters. The number of halogens is 2. The van der Waals surface area contributed by atoms with E-state index in [0.717, 1.165) is 24.7 Å². The van der Waals surface area contributed by atoms with Crippen molar-refractivity contribution < 1.29 is 14.3 Å². The Labute approximate surface area is 144 Å². The summed E-state index contributed by atoms with van der Waals surface area (Å²) >= 11 is 10.5. The number of rotatable bonds is 7. The molecule has 2 rings (SSSR count). The Hall–Kier alpha value is -0.280. The highest BCUT2D eigenvalue weighted by molar-refractivity contribution is 6.63. The van der Waals surface area contributed by atoms with E-state index in [9.17, 15) is 9.59 Å². The lowest BCUT2D eigenvalue weighted by atomic mass is 10.0. The Kier molecular flexibility index (Phi) is 10.9. The van der Waals surface area contributed by atoms with Crippen molar-refractivity contribution in [1.82, 2.24) is 0 Å². The third-order valence-corrected chi connectivity index (χ3v) is 4.97. The number of hydrogen-bond acceptors (Lipinski definition) is 3. The van der Waals surface area contributed by atoms with Gasteiger partial charge in [0.1, 0.15) is 0 Å². The van der Waals surface area contributed by atoms with Crippen LogP contribution in [0, 0.1) is 11.8 Å². The van der Waals surface area contributed by atoms with Crippen molar-refractivity contribution in [2.24, 2.45) is 11.8 Å². The lowest BCUT2D eigenvalue weighted by Gasteiger charge is -2.06. The minimum Gasteiger partial charge on any atom is -0.449 e. The van der Waals surface area contributed by atoms with E-state index in [1.54, 1.807) is 0 Å². The molecule has 0 aromatic rings. The molecule has 0 amide bonds. The molecule has 128 valence electrons. The Bertz CT molecular complexity index is 322. The van der Waals surface area contributed by atoms with Gasteiger partial charge in [0.05, 0.1) is 0 Å². The van der Waals surface area contributed by atoms with Crippen molar-refractivity contribution in [3.63, 3.8) is 0 Å². The first-order chi connectivity index (χ1) is 10.6. The molecule has 0 heterocycles. The molecule has 2 aliphatic rings. The lowest BCUT2D eigenvalue weighted by Crippen LogP contribution is -2.05. The molecular weight excluding hydrogens is 323 g/mol. The topological polar surface area (TPSA) is 43.4 Å². The summed E-state index contributed by atoms with van der Waals surface area (Å²) in [6, 6.07) is -0.0104. The zero-order chi connectivity index (χ0) is 16.2. The van der Waals surface area contributed by atoms with E-state index >= 15 is 0 Å². The normalized spacial score (nSPS) is 18.8. The summed E-state index contributed by atoms with van der Waals surface area (Å²) in [4.78, 5) is 21.3. The van der Waals surface area contributed by atoms with E-state index in [0.29, 0.717) is 12.8 Å².